The molecule has 29 heavy (non-hydrogen) atoms. The highest BCUT2D eigenvalue weighted by molar-refractivity contribution is 6.03. The van der Waals surface area contributed by atoms with Crippen molar-refractivity contribution in [3.8, 4) is 0 Å². The summed E-state index contributed by atoms with van der Waals surface area (Å²) in [5.41, 5.74) is 2.73. The van der Waals surface area contributed by atoms with Crippen molar-refractivity contribution in [2.75, 3.05) is 41.3 Å². The number of nitrogens with one attached hydrogen (secondary N) is 1. The molecule has 0 aliphatic carbocycles. The Hall–Kier alpha value is -3.48. The number of hydrogen-bond donors (Lipinski definition) is 1. The molecule has 1 saturated heterocycles. The fourth-order valence-corrected chi connectivity index (χ4v) is 3.45. The van der Waals surface area contributed by atoms with E-state index in [-0.39, 0.29) is 11.7 Å². The number of piperazine rings is 1. The fraction of sp³-hybridized carbons (Fsp3) is 0.227. The van der Waals surface area contributed by atoms with E-state index in [0.29, 0.717) is 43.4 Å². The molecule has 1 aromatic heterocycles. The van der Waals surface area contributed by atoms with Gasteiger partial charge in [-0.3, -0.25) is 4.79 Å². The topological polar surface area (TPSA) is 61.4 Å². The van der Waals surface area contributed by atoms with Crippen LogP contribution in [0.2, 0.25) is 0 Å². The van der Waals surface area contributed by atoms with E-state index in [0.717, 1.165) is 11.3 Å². The molecule has 1 fully saturated rings. The smallest absolute Gasteiger partial charge is 0.274 e. The Labute approximate surface area is 169 Å². The van der Waals surface area contributed by atoms with Crippen molar-refractivity contribution < 1.29 is 9.18 Å². The molecule has 2 aromatic carbocycles. The van der Waals surface area contributed by atoms with Crippen LogP contribution in [0.5, 0.6) is 0 Å². The zero-order chi connectivity index (χ0) is 20.2. The van der Waals surface area contributed by atoms with Crippen LogP contribution in [0, 0.1) is 12.7 Å². The van der Waals surface area contributed by atoms with E-state index in [4.69, 9.17) is 0 Å². The van der Waals surface area contributed by atoms with Gasteiger partial charge < -0.3 is 15.1 Å². The van der Waals surface area contributed by atoms with Crippen LogP contribution in [-0.2, 0) is 0 Å². The van der Waals surface area contributed by atoms with Gasteiger partial charge in [0, 0.05) is 37.9 Å². The van der Waals surface area contributed by atoms with Gasteiger partial charge >= 0.3 is 0 Å². The molecule has 2 heterocycles. The standard InChI is InChI=1S/C22H22FN5O/c1-16-5-4-6-17(13-16)26-22(29)19-14-21(25-15-24-19)28-11-9-27(10-12-28)20-8-3-2-7-18(20)23/h2-8,13-15H,9-12H2,1H3,(H,26,29). The third kappa shape index (κ3) is 4.34. The minimum Gasteiger partial charge on any atom is -0.366 e. The van der Waals surface area contributed by atoms with E-state index in [1.807, 2.05) is 42.2 Å². The minimum atomic E-state index is -0.274. The second-order valence-electron chi connectivity index (χ2n) is 7.01. The average Bonchev–Trinajstić information content (AvgIpc) is 2.74. The van der Waals surface area contributed by atoms with E-state index < -0.39 is 0 Å². The van der Waals surface area contributed by atoms with Gasteiger partial charge in [-0.2, -0.15) is 0 Å². The Morgan fingerprint density at radius 3 is 2.48 bits per heavy atom. The number of hydrogen-bond acceptors (Lipinski definition) is 5. The molecule has 7 heteroatoms. The third-order valence-corrected chi connectivity index (χ3v) is 4.96. The van der Waals surface area contributed by atoms with Gasteiger partial charge in [0.15, 0.2) is 0 Å². The highest BCUT2D eigenvalue weighted by Crippen LogP contribution is 2.22. The maximum Gasteiger partial charge on any atom is 0.274 e. The molecule has 148 valence electrons. The first-order valence-corrected chi connectivity index (χ1v) is 9.54. The van der Waals surface area contributed by atoms with Crippen LogP contribution in [0.1, 0.15) is 16.1 Å². The predicted octanol–water partition coefficient (Wildman–Crippen LogP) is 3.50. The Bertz CT molecular complexity index is 1020. The number of para-hydroxylation sites is 1. The van der Waals surface area contributed by atoms with Gasteiger partial charge in [-0.15, -0.1) is 0 Å². The summed E-state index contributed by atoms with van der Waals surface area (Å²) >= 11 is 0. The Balaban J connectivity index is 1.43. The zero-order valence-electron chi connectivity index (χ0n) is 16.2. The van der Waals surface area contributed by atoms with Crippen LogP contribution < -0.4 is 15.1 Å². The molecule has 1 amide bonds. The quantitative estimate of drug-likeness (QED) is 0.738. The molecule has 1 aliphatic rings. The highest BCUT2D eigenvalue weighted by atomic mass is 19.1. The Kier molecular flexibility index (Phi) is 5.37. The lowest BCUT2D eigenvalue weighted by molar-refractivity contribution is 0.102. The van der Waals surface area contributed by atoms with E-state index in [1.54, 1.807) is 18.2 Å². The predicted molar refractivity (Wildman–Crippen MR) is 112 cm³/mol. The lowest BCUT2D eigenvalue weighted by Crippen LogP contribution is -2.47. The summed E-state index contributed by atoms with van der Waals surface area (Å²) in [6.45, 7) is 4.69. The van der Waals surface area contributed by atoms with E-state index in [1.165, 1.54) is 12.4 Å². The number of anilines is 3. The summed E-state index contributed by atoms with van der Waals surface area (Å²) in [5.74, 6) is 0.213. The molecule has 0 saturated carbocycles. The molecule has 1 N–H and O–H groups in total. The summed E-state index contributed by atoms with van der Waals surface area (Å²) in [5, 5.41) is 2.87. The first kappa shape index (κ1) is 18.9. The number of amides is 1. The van der Waals surface area contributed by atoms with Crippen molar-refractivity contribution >= 4 is 23.1 Å². The molecule has 0 spiro atoms. The minimum absolute atomic E-state index is 0.210. The Morgan fingerprint density at radius 2 is 1.72 bits per heavy atom. The molecule has 0 unspecified atom stereocenters. The van der Waals surface area contributed by atoms with Crippen molar-refractivity contribution in [2.45, 2.75) is 6.92 Å². The van der Waals surface area contributed by atoms with Gasteiger partial charge in [-0.1, -0.05) is 24.3 Å². The summed E-state index contributed by atoms with van der Waals surface area (Å²) in [4.78, 5) is 25.1. The third-order valence-electron chi connectivity index (χ3n) is 4.96. The number of aryl methyl sites for hydroxylation is 1. The maximum atomic E-state index is 14.0. The first-order chi connectivity index (χ1) is 14.1. The molecular formula is C22H22FN5O. The van der Waals surface area contributed by atoms with Gasteiger partial charge in [0.1, 0.15) is 23.7 Å². The number of carbonyl (C=O) groups excluding carboxylic acids is 1. The second kappa shape index (κ2) is 8.26. The van der Waals surface area contributed by atoms with Crippen molar-refractivity contribution in [1.29, 1.82) is 0 Å². The van der Waals surface area contributed by atoms with E-state index in [9.17, 15) is 9.18 Å². The van der Waals surface area contributed by atoms with Gasteiger partial charge in [-0.05, 0) is 36.8 Å². The lowest BCUT2D eigenvalue weighted by Gasteiger charge is -2.36. The molecule has 1 aliphatic heterocycles. The summed E-state index contributed by atoms with van der Waals surface area (Å²) in [6.07, 6.45) is 1.41. The SMILES string of the molecule is Cc1cccc(NC(=O)c2cc(N3CCN(c4ccccc4F)CC3)ncn2)c1. The van der Waals surface area contributed by atoms with Gasteiger partial charge in [0.2, 0.25) is 0 Å². The van der Waals surface area contributed by atoms with Crippen LogP contribution in [0.3, 0.4) is 0 Å². The maximum absolute atomic E-state index is 14.0. The van der Waals surface area contributed by atoms with Crippen LogP contribution in [-0.4, -0.2) is 42.1 Å². The normalized spacial score (nSPS) is 14.0. The van der Waals surface area contributed by atoms with Crippen molar-refractivity contribution in [2.24, 2.45) is 0 Å². The van der Waals surface area contributed by atoms with Crippen LogP contribution in [0.25, 0.3) is 0 Å². The average molecular weight is 391 g/mol. The first-order valence-electron chi connectivity index (χ1n) is 9.54. The number of halogens is 1. The number of rotatable bonds is 4. The van der Waals surface area contributed by atoms with E-state index in [2.05, 4.69) is 20.2 Å². The Morgan fingerprint density at radius 1 is 0.966 bits per heavy atom. The summed E-state index contributed by atoms with van der Waals surface area (Å²) < 4.78 is 14.0. The largest absolute Gasteiger partial charge is 0.366 e. The van der Waals surface area contributed by atoms with Crippen molar-refractivity contribution in [3.05, 3.63) is 78.0 Å². The second-order valence-corrected chi connectivity index (χ2v) is 7.01. The zero-order valence-corrected chi connectivity index (χ0v) is 16.2. The molecule has 0 atom stereocenters. The van der Waals surface area contributed by atoms with Gasteiger partial charge in [0.25, 0.3) is 5.91 Å². The van der Waals surface area contributed by atoms with Crippen LogP contribution >= 0.6 is 0 Å². The van der Waals surface area contributed by atoms with E-state index >= 15 is 0 Å². The summed E-state index contributed by atoms with van der Waals surface area (Å²) in [6, 6.07) is 16.1. The fourth-order valence-electron chi connectivity index (χ4n) is 3.45. The summed E-state index contributed by atoms with van der Waals surface area (Å²) in [7, 11) is 0. The van der Waals surface area contributed by atoms with Crippen LogP contribution in [0.4, 0.5) is 21.6 Å². The molecule has 0 bridgehead atoms. The molecule has 6 nitrogen and oxygen atoms in total. The van der Waals surface area contributed by atoms with Crippen LogP contribution in [0.15, 0.2) is 60.9 Å². The molecule has 0 radical (unpaired) electrons. The molecular weight excluding hydrogens is 369 g/mol. The highest BCUT2D eigenvalue weighted by Gasteiger charge is 2.21. The number of aromatic nitrogens is 2. The van der Waals surface area contributed by atoms with Gasteiger partial charge in [0.05, 0.1) is 5.69 Å². The number of benzene rings is 2. The monoisotopic (exact) mass is 391 g/mol. The number of nitrogens with zero attached hydrogens (tertiary/aromatic N) is 4. The van der Waals surface area contributed by atoms with Crippen molar-refractivity contribution in [1.82, 2.24) is 9.97 Å². The molecule has 4 rings (SSSR count). The molecule has 3 aromatic rings. The lowest BCUT2D eigenvalue weighted by atomic mass is 10.2. The number of carbonyl (C=O) groups is 1. The van der Waals surface area contributed by atoms with Gasteiger partial charge in [-0.25, -0.2) is 14.4 Å². The van der Waals surface area contributed by atoms with Crippen molar-refractivity contribution in [3.63, 3.8) is 0 Å².